The fraction of sp³-hybridized carbons (Fsp3) is 0.250. The zero-order valence-electron chi connectivity index (χ0n) is 6.57. The summed E-state index contributed by atoms with van der Waals surface area (Å²) in [5.74, 6) is 0. The van der Waals surface area contributed by atoms with Gasteiger partial charge >= 0.3 is 7.12 Å². The van der Waals surface area contributed by atoms with Gasteiger partial charge in [0.05, 0.1) is 0 Å². The molecule has 0 aliphatic rings. The monoisotopic (exact) mass is 184 g/mol. The average Bonchev–Trinajstić information content (AvgIpc) is 2.03. The fourth-order valence-electron chi connectivity index (χ4n) is 0.986. The molecule has 0 aromatic heterocycles. The van der Waals surface area contributed by atoms with Crippen LogP contribution < -0.4 is 0 Å². The molecule has 0 radical (unpaired) electrons. The highest BCUT2D eigenvalue weighted by Crippen LogP contribution is 2.16. The second-order valence-electron chi connectivity index (χ2n) is 2.61. The van der Waals surface area contributed by atoms with Crippen molar-refractivity contribution >= 4 is 18.7 Å². The fourth-order valence-corrected chi connectivity index (χ4v) is 1.22. The number of aryl methyl sites for hydroxylation is 1. The first-order valence-corrected chi connectivity index (χ1v) is 4.17. The molecule has 4 heteroatoms. The van der Waals surface area contributed by atoms with E-state index in [0.29, 0.717) is 17.8 Å². The van der Waals surface area contributed by atoms with Crippen LogP contribution in [0.1, 0.15) is 5.56 Å². The molecule has 0 amide bonds. The quantitative estimate of drug-likeness (QED) is 0.696. The topological polar surface area (TPSA) is 40.5 Å². The van der Waals surface area contributed by atoms with Crippen LogP contribution in [0.5, 0.6) is 0 Å². The van der Waals surface area contributed by atoms with E-state index in [1.807, 2.05) is 18.2 Å². The van der Waals surface area contributed by atoms with Gasteiger partial charge in [0, 0.05) is 5.02 Å². The minimum atomic E-state index is -1.25. The molecule has 0 saturated heterocycles. The van der Waals surface area contributed by atoms with E-state index in [1.165, 1.54) is 0 Å². The van der Waals surface area contributed by atoms with E-state index < -0.39 is 7.12 Å². The molecule has 0 unspecified atom stereocenters. The van der Waals surface area contributed by atoms with Gasteiger partial charge in [-0.05, 0) is 24.4 Å². The van der Waals surface area contributed by atoms with E-state index in [-0.39, 0.29) is 0 Å². The highest BCUT2D eigenvalue weighted by molar-refractivity contribution is 6.41. The van der Waals surface area contributed by atoms with Crippen LogP contribution in [0.4, 0.5) is 0 Å². The molecule has 0 fully saturated rings. The Kier molecular flexibility index (Phi) is 3.60. The number of rotatable bonds is 3. The van der Waals surface area contributed by atoms with Crippen LogP contribution in [0.25, 0.3) is 0 Å². The van der Waals surface area contributed by atoms with Crippen molar-refractivity contribution in [1.82, 2.24) is 0 Å². The number of hydrogen-bond donors (Lipinski definition) is 2. The van der Waals surface area contributed by atoms with Crippen molar-refractivity contribution in [3.05, 3.63) is 34.9 Å². The molecule has 2 nitrogen and oxygen atoms in total. The van der Waals surface area contributed by atoms with Crippen molar-refractivity contribution < 1.29 is 10.0 Å². The van der Waals surface area contributed by atoms with Crippen LogP contribution in [0.3, 0.4) is 0 Å². The molecule has 1 aromatic rings. The third-order valence-corrected chi connectivity index (χ3v) is 2.00. The molecule has 12 heavy (non-hydrogen) atoms. The Morgan fingerprint density at radius 1 is 1.25 bits per heavy atom. The van der Waals surface area contributed by atoms with Gasteiger partial charge < -0.3 is 10.0 Å². The van der Waals surface area contributed by atoms with Gasteiger partial charge in [0.25, 0.3) is 0 Å². The molecule has 64 valence electrons. The summed E-state index contributed by atoms with van der Waals surface area (Å²) in [7, 11) is -1.25. The van der Waals surface area contributed by atoms with Gasteiger partial charge in [-0.25, -0.2) is 0 Å². The van der Waals surface area contributed by atoms with E-state index >= 15 is 0 Å². The van der Waals surface area contributed by atoms with E-state index in [9.17, 15) is 0 Å². The maximum atomic E-state index is 8.62. The lowest BCUT2D eigenvalue weighted by molar-refractivity contribution is 0.405. The van der Waals surface area contributed by atoms with E-state index in [4.69, 9.17) is 21.6 Å². The van der Waals surface area contributed by atoms with Gasteiger partial charge in [0.1, 0.15) is 0 Å². The molecule has 1 aromatic carbocycles. The smallest absolute Gasteiger partial charge is 0.427 e. The van der Waals surface area contributed by atoms with E-state index in [1.54, 1.807) is 6.07 Å². The Hall–Kier alpha value is -0.505. The standard InChI is InChI=1S/C8H10BClO2/c10-8-4-2-1-3-7(8)5-6-9(11)12/h1-4,11-12H,5-6H2. The van der Waals surface area contributed by atoms with Crippen molar-refractivity contribution in [3.8, 4) is 0 Å². The molecule has 0 heterocycles. The van der Waals surface area contributed by atoms with E-state index in [0.717, 1.165) is 5.56 Å². The number of halogens is 1. The Balaban J connectivity index is 2.57. The van der Waals surface area contributed by atoms with E-state index in [2.05, 4.69) is 0 Å². The third kappa shape index (κ3) is 2.85. The first kappa shape index (κ1) is 9.58. The maximum absolute atomic E-state index is 8.62. The lowest BCUT2D eigenvalue weighted by Gasteiger charge is -2.02. The molecule has 0 atom stereocenters. The predicted octanol–water partition coefficient (Wildman–Crippen LogP) is 1.36. The van der Waals surface area contributed by atoms with Crippen molar-refractivity contribution in [2.24, 2.45) is 0 Å². The molecular weight excluding hydrogens is 174 g/mol. The summed E-state index contributed by atoms with van der Waals surface area (Å²) in [6.07, 6.45) is 0.918. The van der Waals surface area contributed by atoms with Crippen LogP contribution in [0.2, 0.25) is 11.3 Å². The molecule has 0 bridgehead atoms. The molecule has 0 aliphatic heterocycles. The number of benzene rings is 1. The molecule has 0 spiro atoms. The summed E-state index contributed by atoms with van der Waals surface area (Å²) < 4.78 is 0. The second kappa shape index (κ2) is 4.50. The first-order chi connectivity index (χ1) is 5.70. The predicted molar refractivity (Wildman–Crippen MR) is 50.2 cm³/mol. The van der Waals surface area contributed by atoms with Crippen LogP contribution >= 0.6 is 11.6 Å². The second-order valence-corrected chi connectivity index (χ2v) is 3.02. The van der Waals surface area contributed by atoms with Crippen molar-refractivity contribution in [3.63, 3.8) is 0 Å². The summed E-state index contributed by atoms with van der Waals surface area (Å²) in [5, 5.41) is 17.9. The van der Waals surface area contributed by atoms with Crippen LogP contribution in [0, 0.1) is 0 Å². The Morgan fingerprint density at radius 3 is 2.50 bits per heavy atom. The minimum Gasteiger partial charge on any atom is -0.427 e. The lowest BCUT2D eigenvalue weighted by Crippen LogP contribution is -2.11. The maximum Gasteiger partial charge on any atom is 0.451 e. The largest absolute Gasteiger partial charge is 0.451 e. The molecular formula is C8H10BClO2. The minimum absolute atomic E-state index is 0.323. The summed E-state index contributed by atoms with van der Waals surface area (Å²) in [6, 6.07) is 7.40. The summed E-state index contributed by atoms with van der Waals surface area (Å²) in [4.78, 5) is 0. The van der Waals surface area contributed by atoms with Gasteiger partial charge in [-0.2, -0.15) is 0 Å². The van der Waals surface area contributed by atoms with Crippen molar-refractivity contribution in [2.75, 3.05) is 0 Å². The SMILES string of the molecule is OB(O)CCc1ccccc1Cl. The Labute approximate surface area is 76.9 Å². The summed E-state index contributed by atoms with van der Waals surface area (Å²) >= 11 is 5.84. The van der Waals surface area contributed by atoms with Gasteiger partial charge in [0.15, 0.2) is 0 Å². The van der Waals surface area contributed by atoms with Gasteiger partial charge in [0.2, 0.25) is 0 Å². The van der Waals surface area contributed by atoms with Crippen LogP contribution in [-0.4, -0.2) is 17.2 Å². The highest BCUT2D eigenvalue weighted by Gasteiger charge is 2.07. The Bertz CT molecular complexity index is 253. The van der Waals surface area contributed by atoms with Gasteiger partial charge in [-0.1, -0.05) is 29.8 Å². The molecule has 0 saturated carbocycles. The Morgan fingerprint density at radius 2 is 1.92 bits per heavy atom. The van der Waals surface area contributed by atoms with Gasteiger partial charge in [-0.3, -0.25) is 0 Å². The average molecular weight is 184 g/mol. The normalized spacial score (nSPS) is 9.92. The zero-order chi connectivity index (χ0) is 8.97. The van der Waals surface area contributed by atoms with Crippen LogP contribution in [-0.2, 0) is 6.42 Å². The summed E-state index contributed by atoms with van der Waals surface area (Å²) in [5.41, 5.74) is 0.951. The van der Waals surface area contributed by atoms with Crippen LogP contribution in [0.15, 0.2) is 24.3 Å². The molecule has 1 rings (SSSR count). The first-order valence-electron chi connectivity index (χ1n) is 3.79. The molecule has 2 N–H and O–H groups in total. The molecule has 0 aliphatic carbocycles. The summed E-state index contributed by atoms with van der Waals surface area (Å²) in [6.45, 7) is 0. The number of hydrogen-bond acceptors (Lipinski definition) is 2. The highest BCUT2D eigenvalue weighted by atomic mass is 35.5. The third-order valence-electron chi connectivity index (χ3n) is 1.63. The van der Waals surface area contributed by atoms with Crippen molar-refractivity contribution in [2.45, 2.75) is 12.7 Å². The van der Waals surface area contributed by atoms with Gasteiger partial charge in [-0.15, -0.1) is 0 Å². The lowest BCUT2D eigenvalue weighted by atomic mass is 9.83. The zero-order valence-corrected chi connectivity index (χ0v) is 7.33. The van der Waals surface area contributed by atoms with Crippen molar-refractivity contribution in [1.29, 1.82) is 0 Å².